The van der Waals surface area contributed by atoms with Crippen molar-refractivity contribution >= 4 is 8.32 Å². The first-order chi connectivity index (χ1) is 15.1. The minimum atomic E-state index is -1.60. The fraction of sp³-hybridized carbons (Fsp3) is 0.759. The summed E-state index contributed by atoms with van der Waals surface area (Å²) in [4.78, 5) is 0. The normalized spacial score (nSPS) is 29.0. The van der Waals surface area contributed by atoms with Gasteiger partial charge in [0.1, 0.15) is 0 Å². The van der Waals surface area contributed by atoms with E-state index in [1.807, 2.05) is 22.3 Å². The van der Waals surface area contributed by atoms with Gasteiger partial charge in [-0.05, 0) is 117 Å². The van der Waals surface area contributed by atoms with Gasteiger partial charge in [0.15, 0.2) is 8.32 Å². The summed E-state index contributed by atoms with van der Waals surface area (Å²) in [5.41, 5.74) is 10.7. The van der Waals surface area contributed by atoms with Crippen molar-refractivity contribution in [2.75, 3.05) is 0 Å². The van der Waals surface area contributed by atoms with E-state index in [1.165, 1.54) is 88.8 Å². The lowest BCUT2D eigenvalue weighted by Crippen LogP contribution is -2.45. The van der Waals surface area contributed by atoms with Crippen molar-refractivity contribution in [3.8, 4) is 0 Å². The van der Waals surface area contributed by atoms with Crippen LogP contribution in [0.1, 0.15) is 105 Å². The molecule has 3 atom stereocenters. The van der Waals surface area contributed by atoms with Crippen LogP contribution < -0.4 is 0 Å². The first kappa shape index (κ1) is 23.3. The van der Waals surface area contributed by atoms with Crippen molar-refractivity contribution in [2.24, 2.45) is 11.8 Å². The van der Waals surface area contributed by atoms with E-state index in [1.54, 1.807) is 0 Å². The maximum absolute atomic E-state index is 7.07. The lowest BCUT2D eigenvalue weighted by molar-refractivity contribution is 0.0973. The third kappa shape index (κ3) is 4.78. The Kier molecular flexibility index (Phi) is 7.51. The van der Waals surface area contributed by atoms with Crippen molar-refractivity contribution in [2.45, 2.75) is 128 Å². The van der Waals surface area contributed by atoms with Crippen molar-refractivity contribution in [3.05, 3.63) is 40.2 Å². The summed E-state index contributed by atoms with van der Waals surface area (Å²) in [5, 5.41) is 0. The molecule has 1 nitrogen and oxygen atoms in total. The molecule has 0 N–H and O–H groups in total. The van der Waals surface area contributed by atoms with Crippen molar-refractivity contribution < 1.29 is 4.43 Å². The number of rotatable bonds is 10. The van der Waals surface area contributed by atoms with Crippen LogP contribution in [0.25, 0.3) is 0 Å². The quantitative estimate of drug-likeness (QED) is 0.244. The Balaban J connectivity index is 1.37. The monoisotopic (exact) mass is 438 g/mol. The molecule has 0 aromatic carbocycles. The number of hydrogen-bond donors (Lipinski definition) is 0. The molecule has 4 aliphatic rings. The zero-order valence-electron chi connectivity index (χ0n) is 20.8. The Bertz CT molecular complexity index is 768. The van der Waals surface area contributed by atoms with Gasteiger partial charge in [-0.15, -0.1) is 5.73 Å². The molecule has 0 aromatic rings. The minimum absolute atomic E-state index is 0.0427. The standard InChI is InChI=1S/C29H46OSi/c1-5-31(6-2,7-3)30-29(19-10-11-20-29)21-13-14-23(4)25-17-12-18-27-26-16-9-8-15-24(26)22-28(25)27/h10,20,23,25H,5-9,12-19,21-22H2,1-4H3. The van der Waals surface area contributed by atoms with E-state index in [0.717, 1.165) is 18.3 Å². The highest BCUT2D eigenvalue weighted by Crippen LogP contribution is 2.51. The molecule has 0 saturated carbocycles. The van der Waals surface area contributed by atoms with Gasteiger partial charge in [0.05, 0.1) is 5.60 Å². The van der Waals surface area contributed by atoms with E-state index in [4.69, 9.17) is 4.43 Å². The third-order valence-electron chi connectivity index (χ3n) is 9.34. The average molecular weight is 439 g/mol. The highest BCUT2D eigenvalue weighted by atomic mass is 28.4. The maximum Gasteiger partial charge on any atom is 0.193 e. The number of fused-ring (bicyclic) bond motifs is 1. The van der Waals surface area contributed by atoms with Gasteiger partial charge in [0.25, 0.3) is 0 Å². The van der Waals surface area contributed by atoms with Crippen molar-refractivity contribution in [1.29, 1.82) is 0 Å². The molecular weight excluding hydrogens is 392 g/mol. The number of hydrogen-bond acceptors (Lipinski definition) is 1. The Morgan fingerprint density at radius 1 is 1.06 bits per heavy atom. The first-order valence-electron chi connectivity index (χ1n) is 13.6. The van der Waals surface area contributed by atoms with Gasteiger partial charge >= 0.3 is 0 Å². The minimum Gasteiger partial charge on any atom is -0.407 e. The molecule has 172 valence electrons. The summed E-state index contributed by atoms with van der Waals surface area (Å²) in [5.74, 6) is 1.66. The summed E-state index contributed by atoms with van der Waals surface area (Å²) in [6, 6.07) is 3.72. The zero-order chi connectivity index (χ0) is 21.9. The highest BCUT2D eigenvalue weighted by molar-refractivity contribution is 6.73. The van der Waals surface area contributed by atoms with E-state index in [0.29, 0.717) is 0 Å². The van der Waals surface area contributed by atoms with Crippen LogP contribution in [0.4, 0.5) is 0 Å². The van der Waals surface area contributed by atoms with Gasteiger partial charge in [-0.25, -0.2) is 0 Å². The smallest absolute Gasteiger partial charge is 0.193 e. The predicted octanol–water partition coefficient (Wildman–Crippen LogP) is 9.04. The molecule has 0 heterocycles. The molecule has 0 radical (unpaired) electrons. The summed E-state index contributed by atoms with van der Waals surface area (Å²) < 4.78 is 7.07. The second kappa shape index (κ2) is 9.98. The third-order valence-corrected chi connectivity index (χ3v) is 14.0. The maximum atomic E-state index is 7.07. The van der Waals surface area contributed by atoms with Gasteiger partial charge in [-0.2, -0.15) is 0 Å². The lowest BCUT2D eigenvalue weighted by atomic mass is 9.74. The molecule has 0 saturated heterocycles. The topological polar surface area (TPSA) is 9.23 Å². The van der Waals surface area contributed by atoms with Gasteiger partial charge in [-0.3, -0.25) is 0 Å². The van der Waals surface area contributed by atoms with Gasteiger partial charge in [0.2, 0.25) is 0 Å². The van der Waals surface area contributed by atoms with Crippen LogP contribution in [0.5, 0.6) is 0 Å². The summed E-state index contributed by atoms with van der Waals surface area (Å²) >= 11 is 0. The molecular formula is C29H46OSi. The van der Waals surface area contributed by atoms with Crippen LogP contribution in [0.15, 0.2) is 40.2 Å². The predicted molar refractivity (Wildman–Crippen MR) is 136 cm³/mol. The van der Waals surface area contributed by atoms with Crippen molar-refractivity contribution in [3.63, 3.8) is 0 Å². The second-order valence-corrected chi connectivity index (χ2v) is 15.7. The van der Waals surface area contributed by atoms with Gasteiger partial charge in [-0.1, -0.05) is 45.3 Å². The van der Waals surface area contributed by atoms with Crippen LogP contribution >= 0.6 is 0 Å². The SMILES string of the molecule is CC[Si](CC)(CC)OC1(CCCC(C)C2CCCC3=C2CC2=C3CCCC2)C=C=CC1. The van der Waals surface area contributed by atoms with Crippen LogP contribution in [-0.2, 0) is 4.43 Å². The summed E-state index contributed by atoms with van der Waals surface area (Å²) in [7, 11) is -1.60. The lowest BCUT2D eigenvalue weighted by Gasteiger charge is -2.40. The van der Waals surface area contributed by atoms with E-state index in [9.17, 15) is 0 Å². The fourth-order valence-corrected chi connectivity index (χ4v) is 10.2. The van der Waals surface area contributed by atoms with E-state index < -0.39 is 8.32 Å². The molecule has 2 heteroatoms. The fourth-order valence-electron chi connectivity index (χ4n) is 7.14. The Labute approximate surface area is 193 Å². The van der Waals surface area contributed by atoms with Crippen LogP contribution in [0.3, 0.4) is 0 Å². The van der Waals surface area contributed by atoms with E-state index in [2.05, 4.69) is 45.6 Å². The molecule has 0 bridgehead atoms. The molecule has 3 unspecified atom stereocenters. The molecule has 0 fully saturated rings. The van der Waals surface area contributed by atoms with Crippen LogP contribution in [0.2, 0.25) is 18.1 Å². The summed E-state index contributed by atoms with van der Waals surface area (Å²) in [6.45, 7) is 9.61. The Morgan fingerprint density at radius 3 is 2.52 bits per heavy atom. The largest absolute Gasteiger partial charge is 0.407 e. The molecule has 4 rings (SSSR count). The Morgan fingerprint density at radius 2 is 1.81 bits per heavy atom. The molecule has 0 amide bonds. The highest BCUT2D eigenvalue weighted by Gasteiger charge is 2.40. The van der Waals surface area contributed by atoms with Gasteiger partial charge in [0, 0.05) is 6.42 Å². The van der Waals surface area contributed by atoms with Crippen molar-refractivity contribution in [1.82, 2.24) is 0 Å². The number of allylic oxidation sites excluding steroid dienone is 4. The molecule has 0 aliphatic heterocycles. The molecule has 4 aliphatic carbocycles. The van der Waals surface area contributed by atoms with E-state index >= 15 is 0 Å². The van der Waals surface area contributed by atoms with Gasteiger partial charge < -0.3 is 4.43 Å². The van der Waals surface area contributed by atoms with E-state index in [-0.39, 0.29) is 5.60 Å². The molecule has 0 aromatic heterocycles. The Hall–Kier alpha value is -0.823. The van der Waals surface area contributed by atoms with Crippen LogP contribution in [0, 0.1) is 11.8 Å². The molecule has 0 spiro atoms. The van der Waals surface area contributed by atoms with Crippen LogP contribution in [-0.4, -0.2) is 13.9 Å². The first-order valence-corrected chi connectivity index (χ1v) is 16.1. The zero-order valence-corrected chi connectivity index (χ0v) is 21.8. The molecule has 31 heavy (non-hydrogen) atoms. The average Bonchev–Trinajstić information content (AvgIpc) is 3.42. The summed E-state index contributed by atoms with van der Waals surface area (Å²) in [6.07, 6.45) is 20.6. The second-order valence-electron chi connectivity index (χ2n) is 11.0.